The first-order chi connectivity index (χ1) is 10.0. The molecule has 2 rings (SSSR count). The van der Waals surface area contributed by atoms with E-state index in [4.69, 9.17) is 0 Å². The minimum Gasteiger partial charge on any atom is -0.374 e. The Kier molecular flexibility index (Phi) is 4.45. The molecular weight excluding hydrogens is 270 g/mol. The van der Waals surface area contributed by atoms with Crippen molar-refractivity contribution in [2.24, 2.45) is 0 Å². The Labute approximate surface area is 124 Å². The molecule has 114 valence electrons. The van der Waals surface area contributed by atoms with Gasteiger partial charge in [-0.3, -0.25) is 14.9 Å². The third-order valence-corrected chi connectivity index (χ3v) is 4.18. The minimum atomic E-state index is -0.411. The van der Waals surface area contributed by atoms with Crippen LogP contribution in [0.5, 0.6) is 0 Å². The number of nitro groups is 1. The fraction of sp³-hybridized carbons (Fsp3) is 0.533. The predicted molar refractivity (Wildman–Crippen MR) is 81.6 cm³/mol. The lowest BCUT2D eigenvalue weighted by atomic mass is 9.74. The summed E-state index contributed by atoms with van der Waals surface area (Å²) in [6.45, 7) is 4.44. The van der Waals surface area contributed by atoms with Crippen LogP contribution < -0.4 is 10.6 Å². The summed E-state index contributed by atoms with van der Waals surface area (Å²) in [6.07, 6.45) is 4.05. The summed E-state index contributed by atoms with van der Waals surface area (Å²) < 4.78 is 0. The van der Waals surface area contributed by atoms with E-state index >= 15 is 0 Å². The minimum absolute atomic E-state index is 0.0165. The maximum absolute atomic E-state index is 11.9. The fourth-order valence-corrected chi connectivity index (χ4v) is 2.66. The highest BCUT2D eigenvalue weighted by molar-refractivity contribution is 5.95. The predicted octanol–water partition coefficient (Wildman–Crippen LogP) is 3.09. The van der Waals surface area contributed by atoms with Crippen LogP contribution in [0.15, 0.2) is 18.2 Å². The van der Waals surface area contributed by atoms with Gasteiger partial charge >= 0.3 is 0 Å². The Morgan fingerprint density at radius 3 is 2.57 bits per heavy atom. The number of amides is 1. The molecule has 21 heavy (non-hydrogen) atoms. The van der Waals surface area contributed by atoms with Crippen LogP contribution in [0.4, 0.5) is 11.4 Å². The topological polar surface area (TPSA) is 84.3 Å². The van der Waals surface area contributed by atoms with Crippen molar-refractivity contribution in [2.45, 2.75) is 45.1 Å². The Morgan fingerprint density at radius 1 is 1.38 bits per heavy atom. The zero-order chi connectivity index (χ0) is 15.5. The molecule has 0 unspecified atom stereocenters. The van der Waals surface area contributed by atoms with Crippen molar-refractivity contribution in [1.82, 2.24) is 5.32 Å². The van der Waals surface area contributed by atoms with Gasteiger partial charge < -0.3 is 10.6 Å². The van der Waals surface area contributed by atoms with Gasteiger partial charge in [-0.05, 0) is 44.7 Å². The molecule has 1 fully saturated rings. The molecule has 1 saturated carbocycles. The van der Waals surface area contributed by atoms with Gasteiger partial charge in [0.2, 0.25) is 0 Å². The summed E-state index contributed by atoms with van der Waals surface area (Å²) >= 11 is 0. The number of carbonyl (C=O) groups is 1. The third kappa shape index (κ3) is 3.15. The normalized spacial score (nSPS) is 15.9. The maximum atomic E-state index is 11.9. The van der Waals surface area contributed by atoms with Gasteiger partial charge in [-0.25, -0.2) is 0 Å². The Bertz CT molecular complexity index is 548. The Morgan fingerprint density at radius 2 is 2.10 bits per heavy atom. The first kappa shape index (κ1) is 15.3. The van der Waals surface area contributed by atoms with E-state index in [2.05, 4.69) is 17.6 Å². The average molecular weight is 291 g/mol. The number of anilines is 1. The SMILES string of the molecule is CCNC(=O)c1ccc([N+](=O)[O-])c(NC2(CC)CCC2)c1. The number of nitrogens with one attached hydrogen (secondary N) is 2. The summed E-state index contributed by atoms with van der Waals surface area (Å²) in [5.74, 6) is -0.213. The Balaban J connectivity index is 2.33. The number of hydrogen-bond acceptors (Lipinski definition) is 4. The molecule has 1 aliphatic rings. The van der Waals surface area contributed by atoms with Gasteiger partial charge in [0.15, 0.2) is 0 Å². The van der Waals surface area contributed by atoms with Gasteiger partial charge in [-0.15, -0.1) is 0 Å². The standard InChI is InChI=1S/C15H21N3O3/c1-3-15(8-5-9-15)17-12-10-11(14(19)16-4-2)6-7-13(12)18(20)21/h6-7,10,17H,3-5,8-9H2,1-2H3,(H,16,19). The van der Waals surface area contributed by atoms with Gasteiger partial charge in [0.1, 0.15) is 5.69 Å². The lowest BCUT2D eigenvalue weighted by molar-refractivity contribution is -0.384. The van der Waals surface area contributed by atoms with Crippen LogP contribution in [0.1, 0.15) is 49.9 Å². The molecule has 0 heterocycles. The molecule has 0 spiro atoms. The van der Waals surface area contributed by atoms with Crippen LogP contribution in [0, 0.1) is 10.1 Å². The van der Waals surface area contributed by atoms with Gasteiger partial charge in [-0.1, -0.05) is 6.92 Å². The van der Waals surface area contributed by atoms with E-state index in [0.29, 0.717) is 17.8 Å². The van der Waals surface area contributed by atoms with Crippen LogP contribution >= 0.6 is 0 Å². The average Bonchev–Trinajstić information content (AvgIpc) is 2.42. The zero-order valence-corrected chi connectivity index (χ0v) is 12.4. The van der Waals surface area contributed by atoms with Gasteiger partial charge in [0.05, 0.1) is 4.92 Å². The molecule has 0 atom stereocenters. The van der Waals surface area contributed by atoms with Crippen molar-refractivity contribution in [3.8, 4) is 0 Å². The number of benzene rings is 1. The molecule has 1 aromatic carbocycles. The van der Waals surface area contributed by atoms with Crippen LogP contribution in [0.2, 0.25) is 0 Å². The van der Waals surface area contributed by atoms with Crippen LogP contribution in [0.3, 0.4) is 0 Å². The second-order valence-corrected chi connectivity index (χ2v) is 5.46. The van der Waals surface area contributed by atoms with Crippen LogP contribution in [-0.4, -0.2) is 22.9 Å². The first-order valence-electron chi connectivity index (χ1n) is 7.36. The maximum Gasteiger partial charge on any atom is 0.292 e. The first-order valence-corrected chi connectivity index (χ1v) is 7.36. The van der Waals surface area contributed by atoms with E-state index in [0.717, 1.165) is 25.7 Å². The number of nitrogens with zero attached hydrogens (tertiary/aromatic N) is 1. The molecule has 1 aliphatic carbocycles. The van der Waals surface area contributed by atoms with E-state index in [1.807, 2.05) is 6.92 Å². The van der Waals surface area contributed by atoms with Crippen molar-refractivity contribution in [3.63, 3.8) is 0 Å². The summed E-state index contributed by atoms with van der Waals surface area (Å²) in [5.41, 5.74) is 0.827. The molecule has 2 N–H and O–H groups in total. The second kappa shape index (κ2) is 6.11. The largest absolute Gasteiger partial charge is 0.374 e. The Hall–Kier alpha value is -2.11. The van der Waals surface area contributed by atoms with Crippen molar-refractivity contribution in [1.29, 1.82) is 0 Å². The molecule has 1 aromatic rings. The van der Waals surface area contributed by atoms with E-state index in [9.17, 15) is 14.9 Å². The van der Waals surface area contributed by atoms with E-state index in [-0.39, 0.29) is 17.1 Å². The highest BCUT2D eigenvalue weighted by Crippen LogP contribution is 2.40. The van der Waals surface area contributed by atoms with E-state index in [1.165, 1.54) is 12.1 Å². The van der Waals surface area contributed by atoms with E-state index < -0.39 is 4.92 Å². The van der Waals surface area contributed by atoms with Crippen molar-refractivity contribution in [3.05, 3.63) is 33.9 Å². The molecular formula is C15H21N3O3. The van der Waals surface area contributed by atoms with Crippen LogP contribution in [0.25, 0.3) is 0 Å². The third-order valence-electron chi connectivity index (χ3n) is 4.18. The van der Waals surface area contributed by atoms with Crippen molar-refractivity contribution >= 4 is 17.3 Å². The number of rotatable bonds is 6. The lowest BCUT2D eigenvalue weighted by Gasteiger charge is -2.42. The highest BCUT2D eigenvalue weighted by Gasteiger charge is 2.36. The van der Waals surface area contributed by atoms with Crippen molar-refractivity contribution in [2.75, 3.05) is 11.9 Å². The molecule has 0 saturated heterocycles. The second-order valence-electron chi connectivity index (χ2n) is 5.46. The van der Waals surface area contributed by atoms with Gasteiger partial charge in [0, 0.05) is 23.7 Å². The highest BCUT2D eigenvalue weighted by atomic mass is 16.6. The molecule has 0 aliphatic heterocycles. The summed E-state index contributed by atoms with van der Waals surface area (Å²) in [5, 5.41) is 17.2. The summed E-state index contributed by atoms with van der Waals surface area (Å²) in [7, 11) is 0. The smallest absolute Gasteiger partial charge is 0.292 e. The summed E-state index contributed by atoms with van der Waals surface area (Å²) in [6, 6.07) is 4.47. The number of nitro benzene ring substituents is 1. The van der Waals surface area contributed by atoms with Crippen LogP contribution in [-0.2, 0) is 0 Å². The summed E-state index contributed by atoms with van der Waals surface area (Å²) in [4.78, 5) is 22.7. The monoisotopic (exact) mass is 291 g/mol. The van der Waals surface area contributed by atoms with Gasteiger partial charge in [0.25, 0.3) is 11.6 Å². The number of carbonyl (C=O) groups excluding carboxylic acids is 1. The molecule has 0 bridgehead atoms. The van der Waals surface area contributed by atoms with Gasteiger partial charge in [-0.2, -0.15) is 0 Å². The molecule has 1 amide bonds. The van der Waals surface area contributed by atoms with Crippen molar-refractivity contribution < 1.29 is 9.72 Å². The lowest BCUT2D eigenvalue weighted by Crippen LogP contribution is -2.44. The number of hydrogen-bond donors (Lipinski definition) is 2. The zero-order valence-electron chi connectivity index (χ0n) is 12.4. The molecule has 6 heteroatoms. The quantitative estimate of drug-likeness (QED) is 0.623. The van der Waals surface area contributed by atoms with E-state index in [1.54, 1.807) is 6.07 Å². The molecule has 0 radical (unpaired) electrons. The molecule has 6 nitrogen and oxygen atoms in total. The fourth-order valence-electron chi connectivity index (χ4n) is 2.66. The molecule has 0 aromatic heterocycles.